The summed E-state index contributed by atoms with van der Waals surface area (Å²) in [5.41, 5.74) is 1.10. The van der Waals surface area contributed by atoms with E-state index in [2.05, 4.69) is 53.2 Å². The van der Waals surface area contributed by atoms with Crippen LogP contribution in [0.4, 0.5) is 0 Å². The van der Waals surface area contributed by atoms with Crippen LogP contribution in [0.15, 0.2) is 23.3 Å². The fraction of sp³-hybridized carbons (Fsp3) is 0.700. The number of rotatable bonds is 12. The Kier molecular flexibility index (Phi) is 15.3. The molecular formula is C20H38IN5O. The normalized spacial score (nSPS) is 12.4. The fourth-order valence-corrected chi connectivity index (χ4v) is 2.65. The zero-order valence-corrected chi connectivity index (χ0v) is 20.0. The average Bonchev–Trinajstić information content (AvgIpc) is 2.67. The molecule has 6 nitrogen and oxygen atoms in total. The lowest BCUT2D eigenvalue weighted by Crippen LogP contribution is -2.42. The van der Waals surface area contributed by atoms with Crippen molar-refractivity contribution in [2.24, 2.45) is 4.99 Å². The van der Waals surface area contributed by atoms with Crippen molar-refractivity contribution in [3.8, 4) is 5.88 Å². The molecule has 0 amide bonds. The zero-order chi connectivity index (χ0) is 19.2. The fourth-order valence-electron chi connectivity index (χ4n) is 2.65. The van der Waals surface area contributed by atoms with E-state index in [-0.39, 0.29) is 24.0 Å². The molecule has 1 rings (SSSR count). The van der Waals surface area contributed by atoms with Crippen molar-refractivity contribution in [2.75, 3.05) is 33.3 Å². The van der Waals surface area contributed by atoms with E-state index in [0.717, 1.165) is 44.0 Å². The van der Waals surface area contributed by atoms with Crippen molar-refractivity contribution < 1.29 is 4.74 Å². The van der Waals surface area contributed by atoms with Crippen LogP contribution in [0.3, 0.4) is 0 Å². The van der Waals surface area contributed by atoms with E-state index >= 15 is 0 Å². The SMILES string of the molecule is CCCOc1ccc(CNC(=NC)NC(C)CCCN(CC)CC)cn1.I. The van der Waals surface area contributed by atoms with Crippen LogP contribution < -0.4 is 15.4 Å². The molecule has 0 aliphatic rings. The number of nitrogens with one attached hydrogen (secondary N) is 2. The first kappa shape index (κ1) is 25.9. The lowest BCUT2D eigenvalue weighted by atomic mass is 10.2. The van der Waals surface area contributed by atoms with E-state index in [4.69, 9.17) is 4.74 Å². The van der Waals surface area contributed by atoms with Gasteiger partial charge in [0, 0.05) is 31.9 Å². The lowest BCUT2D eigenvalue weighted by Gasteiger charge is -2.21. The molecule has 156 valence electrons. The van der Waals surface area contributed by atoms with Crippen molar-refractivity contribution in [1.82, 2.24) is 20.5 Å². The van der Waals surface area contributed by atoms with Crippen molar-refractivity contribution >= 4 is 29.9 Å². The van der Waals surface area contributed by atoms with E-state index in [1.54, 1.807) is 7.05 Å². The Morgan fingerprint density at radius 2 is 2.00 bits per heavy atom. The van der Waals surface area contributed by atoms with Gasteiger partial charge in [0.1, 0.15) is 0 Å². The zero-order valence-electron chi connectivity index (χ0n) is 17.6. The van der Waals surface area contributed by atoms with E-state index < -0.39 is 0 Å². The largest absolute Gasteiger partial charge is 0.478 e. The Morgan fingerprint density at radius 1 is 1.26 bits per heavy atom. The lowest BCUT2D eigenvalue weighted by molar-refractivity contribution is 0.292. The number of aliphatic imine (C=N–C) groups is 1. The molecule has 0 fully saturated rings. The molecule has 1 unspecified atom stereocenters. The second-order valence-corrected chi connectivity index (χ2v) is 6.49. The summed E-state index contributed by atoms with van der Waals surface area (Å²) in [4.78, 5) is 11.1. The predicted octanol–water partition coefficient (Wildman–Crippen LogP) is 3.66. The highest BCUT2D eigenvalue weighted by molar-refractivity contribution is 14.0. The molecule has 0 aromatic carbocycles. The van der Waals surface area contributed by atoms with E-state index in [9.17, 15) is 0 Å². The first-order valence-electron chi connectivity index (χ1n) is 9.90. The minimum absolute atomic E-state index is 0. The molecule has 7 heteroatoms. The molecule has 0 radical (unpaired) electrons. The number of ether oxygens (including phenoxy) is 1. The van der Waals surface area contributed by atoms with E-state index in [0.29, 0.717) is 25.1 Å². The van der Waals surface area contributed by atoms with Crippen LogP contribution in [0.1, 0.15) is 52.5 Å². The summed E-state index contributed by atoms with van der Waals surface area (Å²) in [6, 6.07) is 4.34. The Bertz CT molecular complexity index is 506. The number of guanidine groups is 1. The summed E-state index contributed by atoms with van der Waals surface area (Å²) >= 11 is 0. The quantitative estimate of drug-likeness (QED) is 0.266. The van der Waals surface area contributed by atoms with Crippen LogP contribution in [0.2, 0.25) is 0 Å². The smallest absolute Gasteiger partial charge is 0.213 e. The molecule has 0 saturated carbocycles. The van der Waals surface area contributed by atoms with Gasteiger partial charge in [-0.3, -0.25) is 4.99 Å². The summed E-state index contributed by atoms with van der Waals surface area (Å²) in [7, 11) is 1.80. The molecule has 0 aliphatic carbocycles. The van der Waals surface area contributed by atoms with Gasteiger partial charge in [0.25, 0.3) is 0 Å². The third-order valence-corrected chi connectivity index (χ3v) is 4.32. The third kappa shape index (κ3) is 11.4. The number of nitrogens with zero attached hydrogens (tertiary/aromatic N) is 3. The van der Waals surface area contributed by atoms with Crippen LogP contribution in [0, 0.1) is 0 Å². The maximum absolute atomic E-state index is 5.51. The monoisotopic (exact) mass is 491 g/mol. The summed E-state index contributed by atoms with van der Waals surface area (Å²) in [5, 5.41) is 6.81. The second kappa shape index (κ2) is 15.9. The van der Waals surface area contributed by atoms with E-state index in [1.165, 1.54) is 6.42 Å². The Morgan fingerprint density at radius 3 is 2.56 bits per heavy atom. The number of hydrogen-bond donors (Lipinski definition) is 2. The van der Waals surface area contributed by atoms with Crippen molar-refractivity contribution in [1.29, 1.82) is 0 Å². The minimum Gasteiger partial charge on any atom is -0.478 e. The molecular weight excluding hydrogens is 453 g/mol. The van der Waals surface area contributed by atoms with Crippen molar-refractivity contribution in [2.45, 2.75) is 59.5 Å². The van der Waals surface area contributed by atoms with Gasteiger partial charge in [0.2, 0.25) is 5.88 Å². The van der Waals surface area contributed by atoms with Gasteiger partial charge in [-0.05, 0) is 51.4 Å². The molecule has 1 aromatic rings. The minimum atomic E-state index is 0. The van der Waals surface area contributed by atoms with Crippen LogP contribution in [-0.2, 0) is 6.54 Å². The molecule has 0 aliphatic heterocycles. The third-order valence-electron chi connectivity index (χ3n) is 4.32. The van der Waals surface area contributed by atoms with Gasteiger partial charge in [-0.1, -0.05) is 26.8 Å². The standard InChI is InChI=1S/C20H37N5O.HI/c1-6-14-26-19-12-11-18(15-22-19)16-23-20(21-5)24-17(4)10-9-13-25(7-2)8-3;/h11-12,15,17H,6-10,13-14,16H2,1-5H3,(H2,21,23,24);1H. The van der Waals surface area contributed by atoms with Gasteiger partial charge < -0.3 is 20.3 Å². The summed E-state index contributed by atoms with van der Waals surface area (Å²) in [6.07, 6.45) is 5.15. The first-order valence-corrected chi connectivity index (χ1v) is 9.90. The topological polar surface area (TPSA) is 61.8 Å². The highest BCUT2D eigenvalue weighted by atomic mass is 127. The second-order valence-electron chi connectivity index (χ2n) is 6.49. The van der Waals surface area contributed by atoms with Crippen LogP contribution in [0.25, 0.3) is 0 Å². The van der Waals surface area contributed by atoms with Crippen LogP contribution in [0.5, 0.6) is 5.88 Å². The van der Waals surface area contributed by atoms with Gasteiger partial charge in [-0.15, -0.1) is 24.0 Å². The molecule has 1 atom stereocenters. The molecule has 0 spiro atoms. The summed E-state index contributed by atoms with van der Waals surface area (Å²) in [6.45, 7) is 13.5. The van der Waals surface area contributed by atoms with Crippen molar-refractivity contribution in [3.05, 3.63) is 23.9 Å². The molecule has 1 aromatic heterocycles. The Labute approximate surface area is 182 Å². The maximum atomic E-state index is 5.51. The number of aromatic nitrogens is 1. The van der Waals surface area contributed by atoms with Gasteiger partial charge in [-0.2, -0.15) is 0 Å². The predicted molar refractivity (Wildman–Crippen MR) is 125 cm³/mol. The molecule has 0 bridgehead atoms. The maximum Gasteiger partial charge on any atom is 0.213 e. The number of hydrogen-bond acceptors (Lipinski definition) is 4. The Balaban J connectivity index is 0.00000676. The summed E-state index contributed by atoms with van der Waals surface area (Å²) in [5.74, 6) is 1.51. The van der Waals surface area contributed by atoms with Gasteiger partial charge in [0.05, 0.1) is 6.61 Å². The van der Waals surface area contributed by atoms with Gasteiger partial charge in [0.15, 0.2) is 5.96 Å². The van der Waals surface area contributed by atoms with Crippen LogP contribution >= 0.6 is 24.0 Å². The van der Waals surface area contributed by atoms with Crippen LogP contribution in [-0.4, -0.2) is 55.2 Å². The molecule has 2 N–H and O–H groups in total. The first-order chi connectivity index (χ1) is 12.6. The highest BCUT2D eigenvalue weighted by Gasteiger charge is 2.07. The van der Waals surface area contributed by atoms with Gasteiger partial charge in [-0.25, -0.2) is 4.98 Å². The number of halogens is 1. The average molecular weight is 491 g/mol. The van der Waals surface area contributed by atoms with Crippen molar-refractivity contribution in [3.63, 3.8) is 0 Å². The molecule has 0 saturated heterocycles. The van der Waals surface area contributed by atoms with E-state index in [1.807, 2.05) is 18.3 Å². The molecule has 1 heterocycles. The van der Waals surface area contributed by atoms with Gasteiger partial charge >= 0.3 is 0 Å². The number of pyridine rings is 1. The highest BCUT2D eigenvalue weighted by Crippen LogP contribution is 2.07. The summed E-state index contributed by atoms with van der Waals surface area (Å²) < 4.78 is 5.51. The molecule has 27 heavy (non-hydrogen) atoms. The Hall–Kier alpha value is -1.09.